The lowest BCUT2D eigenvalue weighted by Crippen LogP contribution is -1.85. The van der Waals surface area contributed by atoms with Crippen molar-refractivity contribution in [3.05, 3.63) is 39.7 Å². The Balaban J connectivity index is 2.60. The second kappa shape index (κ2) is 3.81. The van der Waals surface area contributed by atoms with Crippen LogP contribution >= 0.6 is 34.8 Å². The molecule has 2 heterocycles. The number of furan rings is 1. The molecule has 14 heavy (non-hydrogen) atoms. The quantitative estimate of drug-likeness (QED) is 0.703. The first kappa shape index (κ1) is 9.84. The normalized spacial score (nSPS) is 10.5. The van der Waals surface area contributed by atoms with Gasteiger partial charge in [0.2, 0.25) is 0 Å². The predicted octanol–water partition coefficient (Wildman–Crippen LogP) is 4.30. The first-order chi connectivity index (χ1) is 6.68. The molecule has 0 saturated carbocycles. The van der Waals surface area contributed by atoms with Gasteiger partial charge in [-0.05, 0) is 18.2 Å². The van der Waals surface area contributed by atoms with E-state index in [9.17, 15) is 0 Å². The molecule has 0 aromatic carbocycles. The summed E-state index contributed by atoms with van der Waals surface area (Å²) in [5.74, 6) is 0.563. The van der Waals surface area contributed by atoms with Gasteiger partial charge in [0, 0.05) is 0 Å². The Morgan fingerprint density at radius 1 is 1.14 bits per heavy atom. The summed E-state index contributed by atoms with van der Waals surface area (Å²) in [6.45, 7) is 0. The van der Waals surface area contributed by atoms with Gasteiger partial charge < -0.3 is 4.42 Å². The Morgan fingerprint density at radius 2 is 1.93 bits per heavy atom. The van der Waals surface area contributed by atoms with Gasteiger partial charge in [-0.3, -0.25) is 0 Å². The minimum Gasteiger partial charge on any atom is -0.463 e. The monoisotopic (exact) mass is 247 g/mol. The molecule has 0 atom stereocenters. The van der Waals surface area contributed by atoms with Gasteiger partial charge in [0.15, 0.2) is 5.76 Å². The molecule has 0 aliphatic carbocycles. The van der Waals surface area contributed by atoms with Crippen LogP contribution in [0.4, 0.5) is 0 Å². The second-order valence-electron chi connectivity index (χ2n) is 2.57. The Morgan fingerprint density at radius 3 is 2.57 bits per heavy atom. The van der Waals surface area contributed by atoms with Crippen molar-refractivity contribution in [2.24, 2.45) is 0 Å². The van der Waals surface area contributed by atoms with E-state index in [0.717, 1.165) is 0 Å². The van der Waals surface area contributed by atoms with Gasteiger partial charge in [-0.2, -0.15) is 0 Å². The van der Waals surface area contributed by atoms with E-state index < -0.39 is 0 Å². The lowest BCUT2D eigenvalue weighted by molar-refractivity contribution is 0.580. The summed E-state index contributed by atoms with van der Waals surface area (Å²) in [4.78, 5) is 4.02. The van der Waals surface area contributed by atoms with Crippen molar-refractivity contribution in [2.45, 2.75) is 0 Å². The van der Waals surface area contributed by atoms with Crippen molar-refractivity contribution in [2.75, 3.05) is 0 Å². The summed E-state index contributed by atoms with van der Waals surface area (Å²) in [6, 6.07) is 5.03. The van der Waals surface area contributed by atoms with Crippen LogP contribution in [-0.4, -0.2) is 4.98 Å². The third kappa shape index (κ3) is 1.73. The molecule has 0 spiro atoms. The van der Waals surface area contributed by atoms with Crippen LogP contribution in [0.5, 0.6) is 0 Å². The van der Waals surface area contributed by atoms with Crippen molar-refractivity contribution in [3.8, 4) is 11.5 Å². The molecule has 0 N–H and O–H groups in total. The number of halogens is 3. The van der Waals surface area contributed by atoms with Gasteiger partial charge in [-0.1, -0.05) is 34.8 Å². The Bertz CT molecular complexity index is 453. The Labute approximate surface area is 95.4 Å². The maximum absolute atomic E-state index is 5.93. The predicted molar refractivity (Wildman–Crippen MR) is 57.0 cm³/mol. The number of hydrogen-bond donors (Lipinski definition) is 0. The lowest BCUT2D eigenvalue weighted by atomic mass is 10.3. The molecule has 2 aromatic heterocycles. The van der Waals surface area contributed by atoms with E-state index in [1.165, 1.54) is 12.3 Å². The second-order valence-corrected chi connectivity index (χ2v) is 3.74. The molecule has 5 heteroatoms. The van der Waals surface area contributed by atoms with Crippen molar-refractivity contribution in [1.82, 2.24) is 4.98 Å². The first-order valence-electron chi connectivity index (χ1n) is 3.74. The summed E-state index contributed by atoms with van der Waals surface area (Å²) in [7, 11) is 0. The molecule has 0 aliphatic rings. The first-order valence-corrected chi connectivity index (χ1v) is 4.87. The summed E-state index contributed by atoms with van der Waals surface area (Å²) in [5.41, 5.74) is 0.492. The van der Waals surface area contributed by atoms with Crippen LogP contribution in [0.3, 0.4) is 0 Å². The molecule has 2 rings (SSSR count). The maximum Gasteiger partial charge on any atom is 0.153 e. The van der Waals surface area contributed by atoms with Crippen LogP contribution in [0.1, 0.15) is 0 Å². The highest BCUT2D eigenvalue weighted by Gasteiger charge is 2.11. The van der Waals surface area contributed by atoms with Gasteiger partial charge in [0.25, 0.3) is 0 Å². The highest BCUT2D eigenvalue weighted by molar-refractivity contribution is 6.42. The third-order valence-corrected chi connectivity index (χ3v) is 2.60. The number of rotatable bonds is 1. The van der Waals surface area contributed by atoms with Gasteiger partial charge >= 0.3 is 0 Å². The molecule has 0 saturated heterocycles. The number of pyridine rings is 1. The summed E-state index contributed by atoms with van der Waals surface area (Å²) in [6.07, 6.45) is 1.54. The van der Waals surface area contributed by atoms with E-state index in [0.29, 0.717) is 21.5 Å². The fraction of sp³-hybridized carbons (Fsp3) is 0. The molecule has 2 nitrogen and oxygen atoms in total. The molecule has 72 valence electrons. The van der Waals surface area contributed by atoms with Crippen molar-refractivity contribution < 1.29 is 4.42 Å². The molecule has 0 radical (unpaired) electrons. The van der Waals surface area contributed by atoms with Crippen molar-refractivity contribution >= 4 is 34.8 Å². The molecular formula is C9H4Cl3NO. The lowest BCUT2D eigenvalue weighted by Gasteiger charge is -2.01. The standard InChI is InChI=1S/C9H4Cl3NO/c10-5-4-6(11)9(12)13-8(5)7-2-1-3-14-7/h1-4H. The van der Waals surface area contributed by atoms with Crippen molar-refractivity contribution in [1.29, 1.82) is 0 Å². The Hall–Kier alpha value is -0.700. The van der Waals surface area contributed by atoms with Gasteiger partial charge in [-0.25, -0.2) is 4.98 Å². The SMILES string of the molecule is Clc1cc(Cl)c(-c2ccco2)nc1Cl. The van der Waals surface area contributed by atoms with Crippen LogP contribution in [0, 0.1) is 0 Å². The highest BCUT2D eigenvalue weighted by Crippen LogP contribution is 2.32. The van der Waals surface area contributed by atoms with Crippen LogP contribution in [0.15, 0.2) is 28.9 Å². The topological polar surface area (TPSA) is 26.0 Å². The molecule has 0 amide bonds. The molecule has 0 unspecified atom stereocenters. The smallest absolute Gasteiger partial charge is 0.153 e. The van der Waals surface area contributed by atoms with Gasteiger partial charge in [0.05, 0.1) is 16.3 Å². The number of hydrogen-bond acceptors (Lipinski definition) is 2. The van der Waals surface area contributed by atoms with E-state index in [1.54, 1.807) is 12.1 Å². The molecular weight excluding hydrogens is 244 g/mol. The van der Waals surface area contributed by atoms with Crippen LogP contribution in [0.2, 0.25) is 15.2 Å². The van der Waals surface area contributed by atoms with Gasteiger partial charge in [0.1, 0.15) is 10.8 Å². The van der Waals surface area contributed by atoms with E-state index in [4.69, 9.17) is 39.2 Å². The zero-order valence-corrected chi connectivity index (χ0v) is 9.07. The van der Waals surface area contributed by atoms with E-state index in [1.807, 2.05) is 0 Å². The fourth-order valence-electron chi connectivity index (χ4n) is 1.03. The fourth-order valence-corrected chi connectivity index (χ4v) is 1.62. The Kier molecular flexibility index (Phi) is 2.68. The largest absolute Gasteiger partial charge is 0.463 e. The average molecular weight is 248 g/mol. The highest BCUT2D eigenvalue weighted by atomic mass is 35.5. The molecule has 0 fully saturated rings. The third-order valence-electron chi connectivity index (χ3n) is 1.64. The van der Waals surface area contributed by atoms with E-state index >= 15 is 0 Å². The molecule has 2 aromatic rings. The van der Waals surface area contributed by atoms with E-state index in [-0.39, 0.29) is 5.15 Å². The number of aromatic nitrogens is 1. The minimum absolute atomic E-state index is 0.211. The summed E-state index contributed by atoms with van der Waals surface area (Å²) in [5, 5.41) is 0.948. The number of nitrogens with zero attached hydrogens (tertiary/aromatic N) is 1. The summed E-state index contributed by atoms with van der Waals surface area (Å²) < 4.78 is 5.15. The van der Waals surface area contributed by atoms with Crippen molar-refractivity contribution in [3.63, 3.8) is 0 Å². The zero-order chi connectivity index (χ0) is 10.1. The summed E-state index contributed by atoms with van der Waals surface area (Å²) >= 11 is 17.4. The minimum atomic E-state index is 0.211. The average Bonchev–Trinajstić information content (AvgIpc) is 2.64. The maximum atomic E-state index is 5.93. The van der Waals surface area contributed by atoms with Crippen LogP contribution in [0.25, 0.3) is 11.5 Å². The molecule has 0 aliphatic heterocycles. The molecule has 0 bridgehead atoms. The van der Waals surface area contributed by atoms with Crippen LogP contribution in [-0.2, 0) is 0 Å². The zero-order valence-electron chi connectivity index (χ0n) is 6.80. The van der Waals surface area contributed by atoms with Gasteiger partial charge in [-0.15, -0.1) is 0 Å². The van der Waals surface area contributed by atoms with E-state index in [2.05, 4.69) is 4.98 Å². The van der Waals surface area contributed by atoms with Crippen LogP contribution < -0.4 is 0 Å².